The Labute approximate surface area is 77.1 Å². The molecule has 4 N–H and O–H groups in total. The summed E-state index contributed by atoms with van der Waals surface area (Å²) in [6.45, 7) is -0.267. The molecular weight excluding hydrogens is 172 g/mol. The highest BCUT2D eigenvalue weighted by molar-refractivity contribution is 5.26. The average Bonchev–Trinajstić information content (AvgIpc) is 2.44. The summed E-state index contributed by atoms with van der Waals surface area (Å²) in [5, 5.41) is 36.2. The van der Waals surface area contributed by atoms with Gasteiger partial charge in [-0.25, -0.2) is 0 Å². The lowest BCUT2D eigenvalue weighted by Gasteiger charge is -2.16. The van der Waals surface area contributed by atoms with Crippen molar-refractivity contribution in [2.45, 2.75) is 18.9 Å². The molecule has 2 atom stereocenters. The van der Waals surface area contributed by atoms with E-state index in [1.807, 2.05) is 0 Å². The largest absolute Gasteiger partial charge is 0.396 e. The lowest BCUT2D eigenvalue weighted by Crippen LogP contribution is -2.19. The molecule has 0 saturated carbocycles. The number of aliphatic hydroxyl groups is 4. The maximum Gasteiger partial charge on any atom is 0.0648 e. The smallest absolute Gasteiger partial charge is 0.0648 e. The Morgan fingerprint density at radius 1 is 1.15 bits per heavy atom. The molecule has 76 valence electrons. The van der Waals surface area contributed by atoms with Crippen molar-refractivity contribution in [3.8, 4) is 0 Å². The van der Waals surface area contributed by atoms with E-state index in [0.717, 1.165) is 0 Å². The Kier molecular flexibility index (Phi) is 3.87. The van der Waals surface area contributed by atoms with Crippen LogP contribution in [0, 0.1) is 5.92 Å². The minimum Gasteiger partial charge on any atom is -0.396 e. The number of aliphatic hydroxyl groups excluding tert-OH is 4. The van der Waals surface area contributed by atoms with Gasteiger partial charge in [0.15, 0.2) is 0 Å². The molecule has 0 radical (unpaired) electrons. The van der Waals surface area contributed by atoms with E-state index in [1.165, 1.54) is 0 Å². The van der Waals surface area contributed by atoms with Crippen molar-refractivity contribution in [2.24, 2.45) is 5.92 Å². The molecule has 0 bridgehead atoms. The molecule has 0 aromatic carbocycles. The number of hydrogen-bond donors (Lipinski definition) is 4. The number of rotatable bonds is 4. The van der Waals surface area contributed by atoms with Crippen molar-refractivity contribution in [1.82, 2.24) is 0 Å². The van der Waals surface area contributed by atoms with E-state index in [-0.39, 0.29) is 25.7 Å². The Hall–Kier alpha value is -0.420. The fourth-order valence-electron chi connectivity index (χ4n) is 1.92. The van der Waals surface area contributed by atoms with Gasteiger partial charge < -0.3 is 20.4 Å². The molecule has 0 spiro atoms. The minimum atomic E-state index is -0.559. The zero-order chi connectivity index (χ0) is 9.84. The molecule has 0 saturated heterocycles. The maximum absolute atomic E-state index is 9.55. The summed E-state index contributed by atoms with van der Waals surface area (Å²) in [7, 11) is 0. The van der Waals surface area contributed by atoms with Crippen LogP contribution in [0.15, 0.2) is 11.1 Å². The van der Waals surface area contributed by atoms with E-state index in [2.05, 4.69) is 0 Å². The molecular formula is C9H16O4. The Morgan fingerprint density at radius 2 is 1.85 bits per heavy atom. The van der Waals surface area contributed by atoms with E-state index in [1.54, 1.807) is 0 Å². The third-order valence-electron chi connectivity index (χ3n) is 2.62. The van der Waals surface area contributed by atoms with Gasteiger partial charge in [-0.2, -0.15) is 0 Å². The summed E-state index contributed by atoms with van der Waals surface area (Å²) in [4.78, 5) is 0. The van der Waals surface area contributed by atoms with Gasteiger partial charge in [0, 0.05) is 12.5 Å². The summed E-state index contributed by atoms with van der Waals surface area (Å²) in [5.41, 5.74) is 1.41. The highest BCUT2D eigenvalue weighted by atomic mass is 16.3. The first kappa shape index (κ1) is 10.7. The molecule has 0 aromatic heterocycles. The van der Waals surface area contributed by atoms with E-state index < -0.39 is 6.10 Å². The molecule has 13 heavy (non-hydrogen) atoms. The van der Waals surface area contributed by atoms with Gasteiger partial charge >= 0.3 is 0 Å². The van der Waals surface area contributed by atoms with Crippen LogP contribution in [0.25, 0.3) is 0 Å². The van der Waals surface area contributed by atoms with Crippen LogP contribution < -0.4 is 0 Å². The zero-order valence-electron chi connectivity index (χ0n) is 7.48. The third-order valence-corrected chi connectivity index (χ3v) is 2.62. The SMILES string of the molecule is OCC[C@@H]1C(CO)=C(CO)C[C@@H]1O. The molecule has 4 heteroatoms. The van der Waals surface area contributed by atoms with Crippen molar-refractivity contribution in [3.63, 3.8) is 0 Å². The first-order valence-corrected chi connectivity index (χ1v) is 4.46. The molecule has 0 aliphatic heterocycles. The zero-order valence-corrected chi connectivity index (χ0v) is 7.48. The van der Waals surface area contributed by atoms with Crippen molar-refractivity contribution in [1.29, 1.82) is 0 Å². The molecule has 0 fully saturated rings. The van der Waals surface area contributed by atoms with Crippen molar-refractivity contribution in [3.05, 3.63) is 11.1 Å². The van der Waals surface area contributed by atoms with Crippen LogP contribution >= 0.6 is 0 Å². The second kappa shape index (κ2) is 4.72. The van der Waals surface area contributed by atoms with Gasteiger partial charge in [-0.05, 0) is 24.0 Å². The van der Waals surface area contributed by atoms with Gasteiger partial charge in [0.1, 0.15) is 0 Å². The van der Waals surface area contributed by atoms with Crippen molar-refractivity contribution >= 4 is 0 Å². The summed E-state index contributed by atoms with van der Waals surface area (Å²) >= 11 is 0. The lowest BCUT2D eigenvalue weighted by atomic mass is 9.96. The monoisotopic (exact) mass is 188 g/mol. The van der Waals surface area contributed by atoms with Crippen molar-refractivity contribution in [2.75, 3.05) is 19.8 Å². The summed E-state index contributed by atoms with van der Waals surface area (Å²) in [6, 6.07) is 0. The van der Waals surface area contributed by atoms with E-state index in [0.29, 0.717) is 24.0 Å². The summed E-state index contributed by atoms with van der Waals surface area (Å²) in [5.74, 6) is -0.183. The van der Waals surface area contributed by atoms with Crippen LogP contribution in [0.1, 0.15) is 12.8 Å². The second-order valence-electron chi connectivity index (χ2n) is 3.34. The van der Waals surface area contributed by atoms with Gasteiger partial charge in [-0.1, -0.05) is 0 Å². The van der Waals surface area contributed by atoms with E-state index in [4.69, 9.17) is 15.3 Å². The van der Waals surface area contributed by atoms with Crippen LogP contribution in [-0.4, -0.2) is 46.4 Å². The van der Waals surface area contributed by atoms with Gasteiger partial charge in [0.2, 0.25) is 0 Å². The van der Waals surface area contributed by atoms with Crippen LogP contribution in [0.3, 0.4) is 0 Å². The van der Waals surface area contributed by atoms with E-state index in [9.17, 15) is 5.11 Å². The first-order valence-electron chi connectivity index (χ1n) is 4.46. The summed E-state index contributed by atoms with van der Waals surface area (Å²) in [6.07, 6.45) is 0.300. The lowest BCUT2D eigenvalue weighted by molar-refractivity contribution is 0.114. The van der Waals surface area contributed by atoms with Gasteiger partial charge in [-0.3, -0.25) is 0 Å². The predicted octanol–water partition coefficient (Wildman–Crippen LogP) is -0.969. The molecule has 0 unspecified atom stereocenters. The standard InChI is InChI=1S/C9H16O4/c10-2-1-7-8(5-12)6(4-11)3-9(7)13/h7,9-13H,1-5H2/t7-,9+/m1/s1. The minimum absolute atomic E-state index is 0.00998. The van der Waals surface area contributed by atoms with Crippen LogP contribution in [0.5, 0.6) is 0 Å². The predicted molar refractivity (Wildman–Crippen MR) is 47.0 cm³/mol. The normalized spacial score (nSPS) is 28.6. The Morgan fingerprint density at radius 3 is 2.31 bits per heavy atom. The third kappa shape index (κ3) is 2.08. The van der Waals surface area contributed by atoms with Crippen LogP contribution in [0.4, 0.5) is 0 Å². The van der Waals surface area contributed by atoms with Crippen molar-refractivity contribution < 1.29 is 20.4 Å². The fraction of sp³-hybridized carbons (Fsp3) is 0.778. The molecule has 1 aliphatic rings. The summed E-state index contributed by atoms with van der Waals surface area (Å²) < 4.78 is 0. The van der Waals surface area contributed by atoms with Gasteiger partial charge in [-0.15, -0.1) is 0 Å². The van der Waals surface area contributed by atoms with Gasteiger partial charge in [0.25, 0.3) is 0 Å². The fourth-order valence-corrected chi connectivity index (χ4v) is 1.92. The molecule has 4 nitrogen and oxygen atoms in total. The highest BCUT2D eigenvalue weighted by Gasteiger charge is 2.31. The highest BCUT2D eigenvalue weighted by Crippen LogP contribution is 2.33. The molecule has 1 aliphatic carbocycles. The molecule has 0 heterocycles. The topological polar surface area (TPSA) is 80.9 Å². The van der Waals surface area contributed by atoms with Crippen LogP contribution in [-0.2, 0) is 0 Å². The maximum atomic E-state index is 9.55. The first-order chi connectivity index (χ1) is 6.24. The molecule has 1 rings (SSSR count). The average molecular weight is 188 g/mol. The van der Waals surface area contributed by atoms with Gasteiger partial charge in [0.05, 0.1) is 19.3 Å². The molecule has 0 amide bonds. The Bertz CT molecular complexity index is 200. The van der Waals surface area contributed by atoms with Crippen LogP contribution in [0.2, 0.25) is 0 Å². The molecule has 0 aromatic rings. The number of hydrogen-bond acceptors (Lipinski definition) is 4. The second-order valence-corrected chi connectivity index (χ2v) is 3.34. The Balaban J connectivity index is 2.75. The quantitative estimate of drug-likeness (QED) is 0.428. The van der Waals surface area contributed by atoms with E-state index >= 15 is 0 Å².